The lowest BCUT2D eigenvalue weighted by Gasteiger charge is -2.30. The second-order valence-electron chi connectivity index (χ2n) is 9.82. The molecule has 1 unspecified atom stereocenters. The number of tetrazole rings is 1. The molecular formula is C26H34N6O5. The van der Waals surface area contributed by atoms with Crippen molar-refractivity contribution in [1.82, 2.24) is 25.1 Å². The summed E-state index contributed by atoms with van der Waals surface area (Å²) in [5.41, 5.74) is 1.82. The highest BCUT2D eigenvalue weighted by Crippen LogP contribution is 2.39. The smallest absolute Gasteiger partial charge is 0.338 e. The Morgan fingerprint density at radius 3 is 2.57 bits per heavy atom. The van der Waals surface area contributed by atoms with E-state index in [-0.39, 0.29) is 24.6 Å². The van der Waals surface area contributed by atoms with Gasteiger partial charge >= 0.3 is 5.97 Å². The first-order valence-corrected chi connectivity index (χ1v) is 13.1. The zero-order valence-corrected chi connectivity index (χ0v) is 21.4. The van der Waals surface area contributed by atoms with Crippen LogP contribution in [-0.2, 0) is 14.3 Å². The highest BCUT2D eigenvalue weighted by molar-refractivity contribution is 5.92. The van der Waals surface area contributed by atoms with Crippen LogP contribution in [0, 0.1) is 0 Å². The van der Waals surface area contributed by atoms with Gasteiger partial charge in [0.05, 0.1) is 12.7 Å². The van der Waals surface area contributed by atoms with Gasteiger partial charge in [-0.25, -0.2) is 4.79 Å². The van der Waals surface area contributed by atoms with Crippen molar-refractivity contribution in [3.63, 3.8) is 0 Å². The van der Waals surface area contributed by atoms with E-state index in [0.717, 1.165) is 63.6 Å². The molecule has 0 spiro atoms. The first kappa shape index (κ1) is 25.0. The predicted octanol–water partition coefficient (Wildman–Crippen LogP) is 3.24. The van der Waals surface area contributed by atoms with Gasteiger partial charge in [-0.2, -0.15) is 4.68 Å². The molecule has 2 aromatic rings. The highest BCUT2D eigenvalue weighted by Gasteiger charge is 2.36. The van der Waals surface area contributed by atoms with Crippen LogP contribution in [0.15, 0.2) is 29.5 Å². The molecule has 1 N–H and O–H groups in total. The number of carbonyl (C=O) groups is 2. The first-order chi connectivity index (χ1) is 18.0. The fourth-order valence-corrected chi connectivity index (χ4v) is 5.33. The van der Waals surface area contributed by atoms with Crippen molar-refractivity contribution in [2.75, 3.05) is 32.1 Å². The Kier molecular flexibility index (Phi) is 7.57. The Bertz CT molecular complexity index is 1170. The van der Waals surface area contributed by atoms with Crippen LogP contribution in [0.25, 0.3) is 0 Å². The Labute approximate surface area is 216 Å². The van der Waals surface area contributed by atoms with E-state index in [1.54, 1.807) is 23.9 Å². The molecule has 1 saturated heterocycles. The average Bonchev–Trinajstić information content (AvgIpc) is 3.40. The van der Waals surface area contributed by atoms with Crippen LogP contribution in [0.5, 0.6) is 11.5 Å². The van der Waals surface area contributed by atoms with Crippen LogP contribution in [0.2, 0.25) is 0 Å². The van der Waals surface area contributed by atoms with Gasteiger partial charge < -0.3 is 24.4 Å². The van der Waals surface area contributed by atoms with Gasteiger partial charge in [0, 0.05) is 18.8 Å². The van der Waals surface area contributed by atoms with Gasteiger partial charge in [-0.15, -0.1) is 0 Å². The van der Waals surface area contributed by atoms with E-state index in [2.05, 4.69) is 20.8 Å². The Balaban J connectivity index is 1.39. The predicted molar refractivity (Wildman–Crippen MR) is 134 cm³/mol. The number of hydrogen-bond donors (Lipinski definition) is 1. The van der Waals surface area contributed by atoms with Crippen molar-refractivity contribution in [2.24, 2.45) is 0 Å². The molecule has 1 amide bonds. The fourth-order valence-electron chi connectivity index (χ4n) is 5.33. The molecule has 11 nitrogen and oxygen atoms in total. The number of aromatic nitrogens is 4. The lowest BCUT2D eigenvalue weighted by atomic mass is 9.94. The molecule has 3 heterocycles. The van der Waals surface area contributed by atoms with Crippen molar-refractivity contribution in [1.29, 1.82) is 0 Å². The number of hydrogen-bond acceptors (Lipinski definition) is 9. The number of anilines is 1. The molecule has 1 aromatic carbocycles. The number of rotatable bonds is 7. The summed E-state index contributed by atoms with van der Waals surface area (Å²) in [5, 5.41) is 15.1. The number of nitrogens with zero attached hydrogens (tertiary/aromatic N) is 5. The van der Waals surface area contributed by atoms with Crippen LogP contribution >= 0.6 is 0 Å². The highest BCUT2D eigenvalue weighted by atomic mass is 16.5. The summed E-state index contributed by atoms with van der Waals surface area (Å²) in [6.45, 7) is 3.31. The SMILES string of the molecule is COc1cc(C2C(C(=O)OC3CCCCC3)=C(C)Nc3nnnn32)ccc1OCC(=O)N1CCCCC1. The second-order valence-corrected chi connectivity index (χ2v) is 9.82. The maximum atomic E-state index is 13.4. The molecule has 1 saturated carbocycles. The van der Waals surface area contributed by atoms with E-state index in [9.17, 15) is 9.59 Å². The van der Waals surface area contributed by atoms with Gasteiger partial charge in [-0.05, 0) is 80.0 Å². The minimum atomic E-state index is -0.611. The third kappa shape index (κ3) is 5.40. The first-order valence-electron chi connectivity index (χ1n) is 13.1. The Hall–Kier alpha value is -3.63. The monoisotopic (exact) mass is 510 g/mol. The molecule has 1 aromatic heterocycles. The van der Waals surface area contributed by atoms with Crippen LogP contribution in [-0.4, -0.2) is 69.9 Å². The average molecular weight is 511 g/mol. The van der Waals surface area contributed by atoms with E-state index < -0.39 is 6.04 Å². The minimum absolute atomic E-state index is 0.0335. The topological polar surface area (TPSA) is 121 Å². The number of fused-ring (bicyclic) bond motifs is 1. The zero-order valence-electron chi connectivity index (χ0n) is 21.4. The summed E-state index contributed by atoms with van der Waals surface area (Å²) in [5.74, 6) is 0.927. The number of allylic oxidation sites excluding steroid dienone is 1. The summed E-state index contributed by atoms with van der Waals surface area (Å²) < 4.78 is 19.0. The van der Waals surface area contributed by atoms with Crippen molar-refractivity contribution < 1.29 is 23.8 Å². The van der Waals surface area contributed by atoms with Crippen LogP contribution in [0.1, 0.15) is 69.9 Å². The van der Waals surface area contributed by atoms with E-state index in [1.807, 2.05) is 17.9 Å². The molecule has 1 atom stereocenters. The number of ether oxygens (including phenoxy) is 3. The minimum Gasteiger partial charge on any atom is -0.493 e. The van der Waals surface area contributed by atoms with Crippen LogP contribution in [0.3, 0.4) is 0 Å². The van der Waals surface area contributed by atoms with Gasteiger partial charge in [0.2, 0.25) is 5.95 Å². The third-order valence-corrected chi connectivity index (χ3v) is 7.32. The van der Waals surface area contributed by atoms with Gasteiger partial charge in [-0.1, -0.05) is 17.6 Å². The Morgan fingerprint density at radius 2 is 1.81 bits per heavy atom. The number of likely N-dealkylation sites (tertiary alicyclic amines) is 1. The van der Waals surface area contributed by atoms with Crippen molar-refractivity contribution >= 4 is 17.8 Å². The molecule has 5 rings (SSSR count). The van der Waals surface area contributed by atoms with Crippen molar-refractivity contribution in [2.45, 2.75) is 70.4 Å². The lowest BCUT2D eigenvalue weighted by molar-refractivity contribution is -0.146. The van der Waals surface area contributed by atoms with Gasteiger partial charge in [-0.3, -0.25) is 4.79 Å². The van der Waals surface area contributed by atoms with Gasteiger partial charge in [0.25, 0.3) is 5.91 Å². The lowest BCUT2D eigenvalue weighted by Crippen LogP contribution is -2.38. The van der Waals surface area contributed by atoms with Gasteiger partial charge in [0.15, 0.2) is 18.1 Å². The van der Waals surface area contributed by atoms with Crippen LogP contribution < -0.4 is 14.8 Å². The maximum Gasteiger partial charge on any atom is 0.338 e. The van der Waals surface area contributed by atoms with Crippen LogP contribution in [0.4, 0.5) is 5.95 Å². The Morgan fingerprint density at radius 1 is 1.05 bits per heavy atom. The number of methoxy groups -OCH3 is 1. The van der Waals surface area contributed by atoms with Gasteiger partial charge in [0.1, 0.15) is 12.1 Å². The molecule has 0 radical (unpaired) electrons. The largest absolute Gasteiger partial charge is 0.493 e. The standard InChI is InChI=1S/C26H34N6O5/c1-17-23(25(34)37-19-9-5-3-6-10-19)24(32-26(27-17)28-29-30-32)18-11-12-20(21(15-18)35-2)36-16-22(33)31-13-7-4-8-14-31/h11-12,15,19,24H,3-10,13-14,16H2,1-2H3,(H,27,28,30). The van der Waals surface area contributed by atoms with E-state index >= 15 is 0 Å². The summed E-state index contributed by atoms with van der Waals surface area (Å²) in [4.78, 5) is 27.9. The number of nitrogens with one attached hydrogen (secondary N) is 1. The number of benzene rings is 1. The molecule has 1 aliphatic carbocycles. The van der Waals surface area contributed by atoms with E-state index in [4.69, 9.17) is 14.2 Å². The fraction of sp³-hybridized carbons (Fsp3) is 0.577. The molecule has 37 heavy (non-hydrogen) atoms. The normalized spacial score (nSPS) is 20.2. The summed E-state index contributed by atoms with van der Waals surface area (Å²) in [7, 11) is 1.54. The maximum absolute atomic E-state index is 13.4. The number of piperidine rings is 1. The van der Waals surface area contributed by atoms with E-state index in [0.29, 0.717) is 28.7 Å². The quantitative estimate of drug-likeness (QED) is 0.560. The number of esters is 1. The molecule has 11 heteroatoms. The molecule has 198 valence electrons. The third-order valence-electron chi connectivity index (χ3n) is 7.32. The molecule has 2 aliphatic heterocycles. The van der Waals surface area contributed by atoms with Crippen molar-refractivity contribution in [3.05, 3.63) is 35.0 Å². The second kappa shape index (κ2) is 11.2. The number of carbonyl (C=O) groups excluding carboxylic acids is 2. The summed E-state index contributed by atoms with van der Waals surface area (Å²) in [6.07, 6.45) is 8.18. The summed E-state index contributed by atoms with van der Waals surface area (Å²) in [6, 6.07) is 4.78. The molecular weight excluding hydrogens is 476 g/mol. The molecule has 3 aliphatic rings. The zero-order chi connectivity index (χ0) is 25.8. The van der Waals surface area contributed by atoms with E-state index in [1.165, 1.54) is 6.42 Å². The molecule has 0 bridgehead atoms. The molecule has 2 fully saturated rings. The number of amides is 1. The summed E-state index contributed by atoms with van der Waals surface area (Å²) >= 11 is 0. The van der Waals surface area contributed by atoms with Crippen molar-refractivity contribution in [3.8, 4) is 11.5 Å².